The molecule has 0 bridgehead atoms. The predicted molar refractivity (Wildman–Crippen MR) is 88.2 cm³/mol. The summed E-state index contributed by atoms with van der Waals surface area (Å²) in [6, 6.07) is 15.4. The Morgan fingerprint density at radius 2 is 1.61 bits per heavy atom. The molecule has 0 spiro atoms. The van der Waals surface area contributed by atoms with E-state index in [1.807, 2.05) is 48.5 Å². The molecule has 5 heteroatoms. The lowest BCUT2D eigenvalue weighted by molar-refractivity contribution is 0.394. The van der Waals surface area contributed by atoms with Gasteiger partial charge < -0.3 is 14.0 Å². The fourth-order valence-corrected chi connectivity index (χ4v) is 2.09. The van der Waals surface area contributed by atoms with Crippen LogP contribution in [0, 0.1) is 0 Å². The Hall–Kier alpha value is -3.08. The van der Waals surface area contributed by atoms with Crippen molar-refractivity contribution in [3.8, 4) is 22.9 Å². The van der Waals surface area contributed by atoms with Gasteiger partial charge >= 0.3 is 0 Å². The molecule has 0 amide bonds. The molecule has 0 aliphatic heterocycles. The van der Waals surface area contributed by atoms with Crippen LogP contribution >= 0.6 is 0 Å². The molecular weight excluding hydrogens is 292 g/mol. The molecular formula is C18H16N2O3. The number of aromatic nitrogens is 2. The highest BCUT2D eigenvalue weighted by atomic mass is 16.5. The predicted octanol–water partition coefficient (Wildman–Crippen LogP) is 3.92. The summed E-state index contributed by atoms with van der Waals surface area (Å²) in [5.41, 5.74) is 1.83. The standard InChI is InChI=1S/C18H16N2O3/c1-21-15-10-14(11-16(12-15)22-2)18-19-17(23-20-18)9-8-13-6-4-3-5-7-13/h3-12H,1-2H3/b9-8+. The first-order valence-corrected chi connectivity index (χ1v) is 7.09. The maximum atomic E-state index is 5.26. The van der Waals surface area contributed by atoms with Gasteiger partial charge in [0.1, 0.15) is 11.5 Å². The summed E-state index contributed by atoms with van der Waals surface area (Å²) in [4.78, 5) is 4.37. The molecule has 2 aromatic carbocycles. The molecule has 1 aromatic heterocycles. The van der Waals surface area contributed by atoms with Crippen LogP contribution < -0.4 is 9.47 Å². The van der Waals surface area contributed by atoms with E-state index in [2.05, 4.69) is 10.1 Å². The monoisotopic (exact) mass is 308 g/mol. The summed E-state index contributed by atoms with van der Waals surface area (Å²) in [6.45, 7) is 0. The van der Waals surface area contributed by atoms with Crippen LogP contribution in [-0.2, 0) is 0 Å². The van der Waals surface area contributed by atoms with E-state index in [0.29, 0.717) is 23.2 Å². The molecule has 0 atom stereocenters. The molecule has 0 aliphatic rings. The van der Waals surface area contributed by atoms with E-state index < -0.39 is 0 Å². The highest BCUT2D eigenvalue weighted by molar-refractivity contribution is 5.67. The lowest BCUT2D eigenvalue weighted by Gasteiger charge is -2.05. The molecule has 3 aromatic rings. The normalized spacial score (nSPS) is 10.9. The van der Waals surface area contributed by atoms with Crippen molar-refractivity contribution < 1.29 is 14.0 Å². The topological polar surface area (TPSA) is 57.4 Å². The second kappa shape index (κ2) is 6.79. The number of nitrogens with zero attached hydrogens (tertiary/aromatic N) is 2. The average molecular weight is 308 g/mol. The van der Waals surface area contributed by atoms with Crippen molar-refractivity contribution in [2.45, 2.75) is 0 Å². The molecule has 0 aliphatic carbocycles. The minimum atomic E-state index is 0.436. The third-order valence-electron chi connectivity index (χ3n) is 3.27. The third-order valence-corrected chi connectivity index (χ3v) is 3.27. The van der Waals surface area contributed by atoms with Gasteiger partial charge in [0.05, 0.1) is 14.2 Å². The van der Waals surface area contributed by atoms with Gasteiger partial charge in [0, 0.05) is 17.7 Å². The van der Waals surface area contributed by atoms with Gasteiger partial charge in [-0.05, 0) is 23.8 Å². The minimum Gasteiger partial charge on any atom is -0.497 e. The fourth-order valence-electron chi connectivity index (χ4n) is 2.09. The van der Waals surface area contributed by atoms with E-state index in [0.717, 1.165) is 11.1 Å². The number of rotatable bonds is 5. The molecule has 3 rings (SSSR count). The zero-order valence-electron chi connectivity index (χ0n) is 12.9. The zero-order chi connectivity index (χ0) is 16.1. The highest BCUT2D eigenvalue weighted by Crippen LogP contribution is 2.28. The van der Waals surface area contributed by atoms with Crippen LogP contribution in [0.4, 0.5) is 0 Å². The van der Waals surface area contributed by atoms with E-state index in [4.69, 9.17) is 14.0 Å². The maximum absolute atomic E-state index is 5.26. The fraction of sp³-hybridized carbons (Fsp3) is 0.111. The Labute approximate surface area is 134 Å². The smallest absolute Gasteiger partial charge is 0.250 e. The number of methoxy groups -OCH3 is 2. The Morgan fingerprint density at radius 3 is 2.26 bits per heavy atom. The van der Waals surface area contributed by atoms with Crippen LogP contribution in [0.15, 0.2) is 53.1 Å². The van der Waals surface area contributed by atoms with Crippen molar-refractivity contribution in [2.24, 2.45) is 0 Å². The first-order valence-electron chi connectivity index (χ1n) is 7.09. The summed E-state index contributed by atoms with van der Waals surface area (Å²) in [6.07, 6.45) is 3.70. The quantitative estimate of drug-likeness (QED) is 0.715. The Kier molecular flexibility index (Phi) is 4.38. The van der Waals surface area contributed by atoms with Crippen molar-refractivity contribution in [1.29, 1.82) is 0 Å². The summed E-state index contributed by atoms with van der Waals surface area (Å²) in [5, 5.41) is 4.00. The van der Waals surface area contributed by atoms with Crippen LogP contribution in [0.3, 0.4) is 0 Å². The van der Waals surface area contributed by atoms with Gasteiger partial charge in [-0.3, -0.25) is 0 Å². The molecule has 0 radical (unpaired) electrons. The number of benzene rings is 2. The lowest BCUT2D eigenvalue weighted by atomic mass is 10.2. The number of hydrogen-bond acceptors (Lipinski definition) is 5. The van der Waals surface area contributed by atoms with Crippen molar-refractivity contribution in [3.63, 3.8) is 0 Å². The van der Waals surface area contributed by atoms with Crippen LogP contribution in [0.25, 0.3) is 23.5 Å². The summed E-state index contributed by atoms with van der Waals surface area (Å²) in [5.74, 6) is 2.26. The van der Waals surface area contributed by atoms with Crippen molar-refractivity contribution in [2.75, 3.05) is 14.2 Å². The second-order valence-corrected chi connectivity index (χ2v) is 4.80. The first-order chi connectivity index (χ1) is 11.3. The summed E-state index contributed by atoms with van der Waals surface area (Å²) < 4.78 is 15.8. The maximum Gasteiger partial charge on any atom is 0.250 e. The van der Waals surface area contributed by atoms with Gasteiger partial charge in [-0.15, -0.1) is 0 Å². The van der Waals surface area contributed by atoms with Crippen LogP contribution in [0.1, 0.15) is 11.5 Å². The highest BCUT2D eigenvalue weighted by Gasteiger charge is 2.10. The Balaban J connectivity index is 1.86. The van der Waals surface area contributed by atoms with E-state index in [1.54, 1.807) is 26.4 Å². The molecule has 0 saturated carbocycles. The number of ether oxygens (including phenoxy) is 2. The molecule has 0 fully saturated rings. The summed E-state index contributed by atoms with van der Waals surface area (Å²) in [7, 11) is 3.20. The largest absolute Gasteiger partial charge is 0.497 e. The van der Waals surface area contributed by atoms with Crippen LogP contribution in [0.5, 0.6) is 11.5 Å². The molecule has 0 N–H and O–H groups in total. The van der Waals surface area contributed by atoms with Gasteiger partial charge in [-0.25, -0.2) is 0 Å². The van der Waals surface area contributed by atoms with Gasteiger partial charge in [0.15, 0.2) is 0 Å². The van der Waals surface area contributed by atoms with Crippen molar-refractivity contribution in [3.05, 3.63) is 60.0 Å². The average Bonchev–Trinajstić information content (AvgIpc) is 3.09. The minimum absolute atomic E-state index is 0.436. The van der Waals surface area contributed by atoms with Crippen molar-refractivity contribution in [1.82, 2.24) is 10.1 Å². The molecule has 0 unspecified atom stereocenters. The first kappa shape index (κ1) is 14.8. The van der Waals surface area contributed by atoms with Gasteiger partial charge in [0.2, 0.25) is 5.82 Å². The van der Waals surface area contributed by atoms with Gasteiger partial charge in [0.25, 0.3) is 5.89 Å². The molecule has 0 saturated heterocycles. The SMILES string of the molecule is COc1cc(OC)cc(-c2noc(/C=C/c3ccccc3)n2)c1. The third kappa shape index (κ3) is 3.58. The number of hydrogen-bond donors (Lipinski definition) is 0. The molecule has 1 heterocycles. The van der Waals surface area contributed by atoms with Crippen LogP contribution in [0.2, 0.25) is 0 Å². The van der Waals surface area contributed by atoms with Crippen molar-refractivity contribution >= 4 is 12.2 Å². The molecule has 116 valence electrons. The van der Waals surface area contributed by atoms with E-state index in [-0.39, 0.29) is 0 Å². The molecule has 23 heavy (non-hydrogen) atoms. The van der Waals surface area contributed by atoms with E-state index >= 15 is 0 Å². The Morgan fingerprint density at radius 1 is 0.913 bits per heavy atom. The molecule has 5 nitrogen and oxygen atoms in total. The lowest BCUT2D eigenvalue weighted by Crippen LogP contribution is -1.89. The summed E-state index contributed by atoms with van der Waals surface area (Å²) >= 11 is 0. The zero-order valence-corrected chi connectivity index (χ0v) is 12.9. The van der Waals surface area contributed by atoms with Gasteiger partial charge in [-0.1, -0.05) is 35.5 Å². The van der Waals surface area contributed by atoms with E-state index in [1.165, 1.54) is 0 Å². The van der Waals surface area contributed by atoms with Gasteiger partial charge in [-0.2, -0.15) is 4.98 Å². The van der Waals surface area contributed by atoms with E-state index in [9.17, 15) is 0 Å². The Bertz CT molecular complexity index is 788. The van der Waals surface area contributed by atoms with Crippen LogP contribution in [-0.4, -0.2) is 24.4 Å². The second-order valence-electron chi connectivity index (χ2n) is 4.80.